The largest absolute Gasteiger partial charge is 0.298 e. The molecule has 0 fully saturated rings. The quantitative estimate of drug-likeness (QED) is 0.235. The van der Waals surface area contributed by atoms with Crippen molar-refractivity contribution in [3.8, 4) is 11.8 Å². The first-order valence-electron chi connectivity index (χ1n) is 9.29. The first-order chi connectivity index (χ1) is 12.3. The number of rotatable bonds is 5. The van der Waals surface area contributed by atoms with Crippen LogP contribution in [0.5, 0.6) is 0 Å². The summed E-state index contributed by atoms with van der Waals surface area (Å²) in [6.45, 7) is 12.8. The number of aldehydes is 1. The van der Waals surface area contributed by atoms with Crippen molar-refractivity contribution >= 4 is 6.29 Å². The Hall–Kier alpha value is -2.33. The molecule has 1 nitrogen and oxygen atoms in total. The second-order valence-electron chi connectivity index (χ2n) is 7.72. The average molecular weight is 349 g/mol. The van der Waals surface area contributed by atoms with Crippen LogP contribution in [0.25, 0.3) is 0 Å². The number of hydrogen-bond acceptors (Lipinski definition) is 1. The molecular weight excluding hydrogens is 316 g/mol. The van der Waals surface area contributed by atoms with Crippen LogP contribution in [0.1, 0.15) is 60.8 Å². The van der Waals surface area contributed by atoms with Crippen molar-refractivity contribution in [2.75, 3.05) is 0 Å². The van der Waals surface area contributed by atoms with Crippen LogP contribution >= 0.6 is 0 Å². The lowest BCUT2D eigenvalue weighted by atomic mass is 9.72. The van der Waals surface area contributed by atoms with Gasteiger partial charge in [0.1, 0.15) is 6.29 Å². The maximum atomic E-state index is 10.5. The molecule has 0 aliphatic heterocycles. The Morgan fingerprint density at radius 2 is 1.65 bits per heavy atom. The van der Waals surface area contributed by atoms with Gasteiger partial charge in [0.05, 0.1) is 0 Å². The van der Waals surface area contributed by atoms with Gasteiger partial charge >= 0.3 is 0 Å². The van der Waals surface area contributed by atoms with Crippen molar-refractivity contribution in [3.63, 3.8) is 0 Å². The molecular formula is C25H32O. The number of carbonyl (C=O) groups excluding carboxylic acids is 1. The molecule has 1 aliphatic rings. The molecule has 138 valence electrons. The van der Waals surface area contributed by atoms with E-state index in [4.69, 9.17) is 0 Å². The Morgan fingerprint density at radius 3 is 2.27 bits per heavy atom. The van der Waals surface area contributed by atoms with Crippen molar-refractivity contribution in [1.29, 1.82) is 0 Å². The Kier molecular flexibility index (Phi) is 8.86. The average Bonchev–Trinajstić information content (AvgIpc) is 2.57. The van der Waals surface area contributed by atoms with Crippen LogP contribution in [0.2, 0.25) is 0 Å². The third-order valence-corrected chi connectivity index (χ3v) is 4.64. The molecule has 0 aromatic rings. The van der Waals surface area contributed by atoms with E-state index >= 15 is 0 Å². The number of allylic oxidation sites excluding steroid dienone is 12. The van der Waals surface area contributed by atoms with E-state index in [2.05, 4.69) is 57.8 Å². The highest BCUT2D eigenvalue weighted by molar-refractivity contribution is 5.73. The van der Waals surface area contributed by atoms with Gasteiger partial charge < -0.3 is 0 Å². The van der Waals surface area contributed by atoms with Crippen LogP contribution in [0.15, 0.2) is 70.4 Å². The van der Waals surface area contributed by atoms with Crippen LogP contribution in [-0.2, 0) is 4.79 Å². The fourth-order valence-corrected chi connectivity index (χ4v) is 3.03. The molecule has 0 amide bonds. The third kappa shape index (κ3) is 7.70. The zero-order valence-corrected chi connectivity index (χ0v) is 17.1. The third-order valence-electron chi connectivity index (χ3n) is 4.64. The molecule has 0 saturated heterocycles. The molecule has 1 rings (SSSR count). The smallest absolute Gasteiger partial charge is 0.146 e. The first-order valence-corrected chi connectivity index (χ1v) is 9.29. The van der Waals surface area contributed by atoms with Gasteiger partial charge in [-0.05, 0) is 81.2 Å². The van der Waals surface area contributed by atoms with Crippen molar-refractivity contribution in [1.82, 2.24) is 0 Å². The van der Waals surface area contributed by atoms with E-state index in [1.54, 1.807) is 13.0 Å². The van der Waals surface area contributed by atoms with E-state index < -0.39 is 0 Å². The van der Waals surface area contributed by atoms with Crippen LogP contribution in [0.4, 0.5) is 0 Å². The van der Waals surface area contributed by atoms with E-state index in [0.29, 0.717) is 5.57 Å². The lowest BCUT2D eigenvalue weighted by molar-refractivity contribution is -0.104. The Bertz CT molecular complexity index is 750. The van der Waals surface area contributed by atoms with Crippen molar-refractivity contribution in [2.45, 2.75) is 60.8 Å². The second kappa shape index (κ2) is 10.6. The summed E-state index contributed by atoms with van der Waals surface area (Å²) in [5.41, 5.74) is 6.24. The molecule has 0 aromatic carbocycles. The summed E-state index contributed by atoms with van der Waals surface area (Å²) in [5.74, 6) is 5.78. The van der Waals surface area contributed by atoms with Gasteiger partial charge in [-0.25, -0.2) is 0 Å². The summed E-state index contributed by atoms with van der Waals surface area (Å²) in [6, 6.07) is 0. The highest BCUT2D eigenvalue weighted by atomic mass is 16.1. The van der Waals surface area contributed by atoms with E-state index in [1.807, 2.05) is 25.2 Å². The van der Waals surface area contributed by atoms with E-state index in [0.717, 1.165) is 11.9 Å². The highest BCUT2D eigenvalue weighted by Crippen LogP contribution is 2.40. The molecule has 0 unspecified atom stereocenters. The first kappa shape index (κ1) is 21.7. The standard InChI is InChI=1S/C25H32O/c1-20(11-7-8-12-22(3)19-26)13-9-14-21(2)16-17-24-23(4)15-10-18-25(24,5)6/h9,11-14,16-17,19H,10,15,18H2,1-6H3/b13-9+,17-16+,20-11+,21-14+,22-12+. The normalized spacial score (nSPS) is 19.1. The maximum absolute atomic E-state index is 10.5. The van der Waals surface area contributed by atoms with Crippen LogP contribution in [0.3, 0.4) is 0 Å². The molecule has 0 radical (unpaired) electrons. The molecule has 0 saturated carbocycles. The molecule has 0 spiro atoms. The SMILES string of the molecule is CC1=C(/C=C/C(C)=C/C=C/C(C)=C/C#C/C=C(\C)C=O)C(C)(C)CCC1. The van der Waals surface area contributed by atoms with Crippen molar-refractivity contribution in [3.05, 3.63) is 70.4 Å². The summed E-state index contributed by atoms with van der Waals surface area (Å²) < 4.78 is 0. The minimum atomic E-state index is 0.281. The highest BCUT2D eigenvalue weighted by Gasteiger charge is 2.26. The molecule has 0 N–H and O–H groups in total. The van der Waals surface area contributed by atoms with E-state index in [1.165, 1.54) is 36.0 Å². The number of hydrogen-bond donors (Lipinski definition) is 0. The summed E-state index contributed by atoms with van der Waals surface area (Å²) in [5, 5.41) is 0. The summed E-state index contributed by atoms with van der Waals surface area (Å²) >= 11 is 0. The Morgan fingerprint density at radius 1 is 1.00 bits per heavy atom. The summed E-state index contributed by atoms with van der Waals surface area (Å²) in [7, 11) is 0. The zero-order chi connectivity index (χ0) is 19.6. The van der Waals surface area contributed by atoms with Gasteiger partial charge in [-0.2, -0.15) is 0 Å². The van der Waals surface area contributed by atoms with Crippen molar-refractivity contribution < 1.29 is 4.79 Å². The molecule has 0 bridgehead atoms. The van der Waals surface area contributed by atoms with Gasteiger partial charge in [0.15, 0.2) is 0 Å². The molecule has 1 heteroatoms. The molecule has 0 aromatic heterocycles. The predicted molar refractivity (Wildman–Crippen MR) is 114 cm³/mol. The minimum absolute atomic E-state index is 0.281. The van der Waals surface area contributed by atoms with Gasteiger partial charge in [-0.15, -0.1) is 0 Å². The Labute approximate surface area is 160 Å². The van der Waals surface area contributed by atoms with Crippen molar-refractivity contribution in [2.24, 2.45) is 5.41 Å². The Balaban J connectivity index is 2.73. The molecule has 26 heavy (non-hydrogen) atoms. The topological polar surface area (TPSA) is 17.1 Å². The van der Waals surface area contributed by atoms with Crippen LogP contribution < -0.4 is 0 Å². The maximum Gasteiger partial charge on any atom is 0.146 e. The fourth-order valence-electron chi connectivity index (χ4n) is 3.03. The zero-order valence-electron chi connectivity index (χ0n) is 17.1. The van der Waals surface area contributed by atoms with Gasteiger partial charge in [0, 0.05) is 0 Å². The number of carbonyl (C=O) groups is 1. The van der Waals surface area contributed by atoms with E-state index in [9.17, 15) is 4.79 Å². The molecule has 0 heterocycles. The summed E-state index contributed by atoms with van der Waals surface area (Å²) in [4.78, 5) is 10.5. The predicted octanol–water partition coefficient (Wildman–Crippen LogP) is 6.67. The summed E-state index contributed by atoms with van der Waals surface area (Å²) in [6.07, 6.45) is 18.8. The fraction of sp³-hybridized carbons (Fsp3) is 0.400. The van der Waals surface area contributed by atoms with E-state index in [-0.39, 0.29) is 5.41 Å². The lowest BCUT2D eigenvalue weighted by Crippen LogP contribution is -2.19. The van der Waals surface area contributed by atoms with Gasteiger partial charge in [0.25, 0.3) is 0 Å². The molecule has 1 aliphatic carbocycles. The van der Waals surface area contributed by atoms with Gasteiger partial charge in [-0.1, -0.05) is 67.2 Å². The minimum Gasteiger partial charge on any atom is -0.298 e. The van der Waals surface area contributed by atoms with Crippen LogP contribution in [-0.4, -0.2) is 6.29 Å². The van der Waals surface area contributed by atoms with Gasteiger partial charge in [-0.3, -0.25) is 4.79 Å². The van der Waals surface area contributed by atoms with Crippen LogP contribution in [0, 0.1) is 17.3 Å². The van der Waals surface area contributed by atoms with Gasteiger partial charge in [0.2, 0.25) is 0 Å². The second-order valence-corrected chi connectivity index (χ2v) is 7.72. The lowest BCUT2D eigenvalue weighted by Gasteiger charge is -2.32. The monoisotopic (exact) mass is 348 g/mol. The molecule has 0 atom stereocenters.